The maximum Gasteiger partial charge on any atom is 0.271 e. The highest BCUT2D eigenvalue weighted by molar-refractivity contribution is 5.97. The van der Waals surface area contributed by atoms with Crippen LogP contribution in [0.2, 0.25) is 0 Å². The Labute approximate surface area is 151 Å². The van der Waals surface area contributed by atoms with Crippen LogP contribution in [0.25, 0.3) is 0 Å². The van der Waals surface area contributed by atoms with Gasteiger partial charge in [-0.05, 0) is 24.8 Å². The Balaban J connectivity index is 1.63. The smallest absolute Gasteiger partial charge is 0.271 e. The molecule has 1 amide bonds. The van der Waals surface area contributed by atoms with E-state index in [1.807, 2.05) is 18.2 Å². The second kappa shape index (κ2) is 7.91. The first-order valence-electron chi connectivity index (χ1n) is 8.72. The number of nitro groups is 1. The molecule has 0 aromatic heterocycles. The number of non-ortho nitro benzene ring substituents is 1. The second-order valence-corrected chi connectivity index (χ2v) is 6.36. The van der Waals surface area contributed by atoms with Gasteiger partial charge in [0.1, 0.15) is 0 Å². The molecule has 6 heteroatoms. The normalized spacial score (nSPS) is 13.2. The molecule has 1 heterocycles. The number of benzene rings is 2. The van der Waals surface area contributed by atoms with Gasteiger partial charge < -0.3 is 4.90 Å². The van der Waals surface area contributed by atoms with Crippen LogP contribution in [0.1, 0.15) is 41.6 Å². The lowest BCUT2D eigenvalue weighted by molar-refractivity contribution is -0.384. The molecule has 6 nitrogen and oxygen atoms in total. The van der Waals surface area contributed by atoms with Crippen molar-refractivity contribution in [2.75, 3.05) is 11.4 Å². The number of nitro benzene ring substituents is 1. The third-order valence-electron chi connectivity index (χ3n) is 4.59. The molecule has 0 fully saturated rings. The van der Waals surface area contributed by atoms with Crippen LogP contribution < -0.4 is 4.90 Å². The zero-order valence-electron chi connectivity index (χ0n) is 14.4. The molecule has 2 aromatic carbocycles. The molecule has 26 heavy (non-hydrogen) atoms. The van der Waals surface area contributed by atoms with Crippen LogP contribution in [0, 0.1) is 10.1 Å². The highest BCUT2D eigenvalue weighted by Gasteiger charge is 2.24. The minimum atomic E-state index is -0.448. The van der Waals surface area contributed by atoms with Gasteiger partial charge in [-0.15, -0.1) is 0 Å². The largest absolute Gasteiger partial charge is 0.312 e. The fraction of sp³-hybridized carbons (Fsp3) is 0.300. The minimum absolute atomic E-state index is 0.0114. The van der Waals surface area contributed by atoms with E-state index in [-0.39, 0.29) is 23.8 Å². The van der Waals surface area contributed by atoms with Crippen LogP contribution in [-0.2, 0) is 11.2 Å². The van der Waals surface area contributed by atoms with Gasteiger partial charge in [0.05, 0.1) is 10.6 Å². The lowest BCUT2D eigenvalue weighted by Gasteiger charge is -2.29. The molecule has 0 bridgehead atoms. The van der Waals surface area contributed by atoms with Gasteiger partial charge in [-0.1, -0.05) is 36.4 Å². The van der Waals surface area contributed by atoms with Crippen LogP contribution in [0.3, 0.4) is 0 Å². The monoisotopic (exact) mass is 352 g/mol. The van der Waals surface area contributed by atoms with Gasteiger partial charge in [0, 0.05) is 37.1 Å². The summed E-state index contributed by atoms with van der Waals surface area (Å²) in [6.07, 6.45) is 2.67. The Morgan fingerprint density at radius 3 is 2.58 bits per heavy atom. The maximum atomic E-state index is 12.6. The van der Waals surface area contributed by atoms with Crippen LogP contribution in [0.4, 0.5) is 11.4 Å². The summed E-state index contributed by atoms with van der Waals surface area (Å²) < 4.78 is 0. The van der Waals surface area contributed by atoms with Crippen LogP contribution in [-0.4, -0.2) is 23.2 Å². The fourth-order valence-electron chi connectivity index (χ4n) is 3.24. The second-order valence-electron chi connectivity index (χ2n) is 6.36. The van der Waals surface area contributed by atoms with E-state index in [1.165, 1.54) is 12.1 Å². The third kappa shape index (κ3) is 3.96. The number of aryl methyl sites for hydroxylation is 1. The predicted octanol–water partition coefficient (Wildman–Crippen LogP) is 3.93. The predicted molar refractivity (Wildman–Crippen MR) is 98.4 cm³/mol. The molecule has 1 aliphatic heterocycles. The summed E-state index contributed by atoms with van der Waals surface area (Å²) in [5.41, 5.74) is 2.22. The standard InChI is InChI=1S/C20H20N2O4/c23-19(16-6-2-1-3-7-16)9-4-10-20(24)21-13-5-8-15-11-12-17(22(25)26)14-18(15)21/h1-3,6-7,11-12,14H,4-5,8-10,13H2. The Hall–Kier alpha value is -3.02. The highest BCUT2D eigenvalue weighted by Crippen LogP contribution is 2.31. The number of hydrogen-bond donors (Lipinski definition) is 0. The Morgan fingerprint density at radius 2 is 1.85 bits per heavy atom. The molecule has 134 valence electrons. The van der Waals surface area contributed by atoms with Crippen molar-refractivity contribution in [2.24, 2.45) is 0 Å². The molecule has 0 radical (unpaired) electrons. The molecule has 3 rings (SSSR count). The van der Waals surface area contributed by atoms with E-state index in [9.17, 15) is 19.7 Å². The lowest BCUT2D eigenvalue weighted by atomic mass is 10.00. The van der Waals surface area contributed by atoms with Gasteiger partial charge in [-0.3, -0.25) is 19.7 Å². The number of fused-ring (bicyclic) bond motifs is 1. The van der Waals surface area contributed by atoms with Crippen LogP contribution in [0.15, 0.2) is 48.5 Å². The first-order valence-corrected chi connectivity index (χ1v) is 8.72. The summed E-state index contributed by atoms with van der Waals surface area (Å²) in [7, 11) is 0. The van der Waals surface area contributed by atoms with Crippen LogP contribution in [0.5, 0.6) is 0 Å². The van der Waals surface area contributed by atoms with Gasteiger partial charge in [-0.25, -0.2) is 0 Å². The number of rotatable bonds is 6. The summed E-state index contributed by atoms with van der Waals surface area (Å²) >= 11 is 0. The fourth-order valence-corrected chi connectivity index (χ4v) is 3.24. The number of carbonyl (C=O) groups is 2. The van der Waals surface area contributed by atoms with E-state index in [0.717, 1.165) is 18.4 Å². The van der Waals surface area contributed by atoms with Crippen molar-refractivity contribution in [3.05, 3.63) is 69.8 Å². The lowest BCUT2D eigenvalue weighted by Crippen LogP contribution is -2.35. The summed E-state index contributed by atoms with van der Waals surface area (Å²) in [5, 5.41) is 11.0. The van der Waals surface area contributed by atoms with E-state index >= 15 is 0 Å². The van der Waals surface area contributed by atoms with Crippen molar-refractivity contribution < 1.29 is 14.5 Å². The quantitative estimate of drug-likeness (QED) is 0.448. The number of Topliss-reactive ketones (excluding diaryl/α,β-unsaturated/α-hetero) is 1. The van der Waals surface area contributed by atoms with E-state index < -0.39 is 4.92 Å². The summed E-state index contributed by atoms with van der Waals surface area (Å²) in [5.74, 6) is -0.0691. The molecule has 2 aromatic rings. The first-order chi connectivity index (χ1) is 12.6. The first kappa shape index (κ1) is 17.8. The van der Waals surface area contributed by atoms with Gasteiger partial charge >= 0.3 is 0 Å². The van der Waals surface area contributed by atoms with E-state index in [2.05, 4.69) is 0 Å². The Morgan fingerprint density at radius 1 is 1.08 bits per heavy atom. The molecule has 0 spiro atoms. The number of amides is 1. The number of hydrogen-bond acceptors (Lipinski definition) is 4. The van der Waals surface area contributed by atoms with Crippen molar-refractivity contribution in [2.45, 2.75) is 32.1 Å². The molecular formula is C20H20N2O4. The van der Waals surface area contributed by atoms with E-state index in [1.54, 1.807) is 23.1 Å². The molecule has 0 aliphatic carbocycles. The van der Waals surface area contributed by atoms with Crippen molar-refractivity contribution in [3.8, 4) is 0 Å². The minimum Gasteiger partial charge on any atom is -0.312 e. The number of anilines is 1. The molecule has 0 saturated heterocycles. The zero-order chi connectivity index (χ0) is 18.5. The topological polar surface area (TPSA) is 80.5 Å². The SMILES string of the molecule is O=C(CCCC(=O)N1CCCc2ccc([N+](=O)[O-])cc21)c1ccccc1. The van der Waals surface area contributed by atoms with Crippen LogP contribution >= 0.6 is 0 Å². The third-order valence-corrected chi connectivity index (χ3v) is 4.59. The van der Waals surface area contributed by atoms with Crippen molar-refractivity contribution in [1.82, 2.24) is 0 Å². The van der Waals surface area contributed by atoms with Gasteiger partial charge in [0.2, 0.25) is 5.91 Å². The van der Waals surface area contributed by atoms with Gasteiger partial charge in [0.25, 0.3) is 5.69 Å². The number of carbonyl (C=O) groups excluding carboxylic acids is 2. The van der Waals surface area contributed by atoms with E-state index in [0.29, 0.717) is 30.6 Å². The molecule has 1 aliphatic rings. The van der Waals surface area contributed by atoms with Crippen molar-refractivity contribution in [3.63, 3.8) is 0 Å². The molecule has 0 atom stereocenters. The Bertz CT molecular complexity index is 833. The molecule has 0 saturated carbocycles. The Kier molecular flexibility index (Phi) is 5.41. The number of ketones is 1. The van der Waals surface area contributed by atoms with Gasteiger partial charge in [-0.2, -0.15) is 0 Å². The van der Waals surface area contributed by atoms with Crippen molar-refractivity contribution >= 4 is 23.1 Å². The number of nitrogens with zero attached hydrogens (tertiary/aromatic N) is 2. The summed E-state index contributed by atoms with van der Waals surface area (Å²) in [6, 6.07) is 13.7. The molecule has 0 N–H and O–H groups in total. The average Bonchev–Trinajstić information content (AvgIpc) is 2.67. The average molecular weight is 352 g/mol. The van der Waals surface area contributed by atoms with E-state index in [4.69, 9.17) is 0 Å². The molecule has 0 unspecified atom stereocenters. The highest BCUT2D eigenvalue weighted by atomic mass is 16.6. The van der Waals surface area contributed by atoms with Gasteiger partial charge in [0.15, 0.2) is 5.78 Å². The summed E-state index contributed by atoms with van der Waals surface area (Å²) in [6.45, 7) is 0.555. The molecular weight excluding hydrogens is 332 g/mol. The summed E-state index contributed by atoms with van der Waals surface area (Å²) in [4.78, 5) is 36.9. The zero-order valence-corrected chi connectivity index (χ0v) is 14.4. The van der Waals surface area contributed by atoms with Crippen molar-refractivity contribution in [1.29, 1.82) is 0 Å². The maximum absolute atomic E-state index is 12.6.